The van der Waals surface area contributed by atoms with Crippen LogP contribution in [0.3, 0.4) is 0 Å². The number of alkyl halides is 4. The van der Waals surface area contributed by atoms with Gasteiger partial charge < -0.3 is 16.3 Å². The smallest absolute Gasteiger partial charge is 0.319 e. The molecule has 1 aromatic carbocycles. The molecular weight excluding hydrogens is 285 g/mol. The highest BCUT2D eigenvalue weighted by Crippen LogP contribution is 2.21. The number of oxime groups is 1. The maximum atomic E-state index is 13.0. The molecule has 20 heavy (non-hydrogen) atoms. The summed E-state index contributed by atoms with van der Waals surface area (Å²) >= 11 is 0. The summed E-state index contributed by atoms with van der Waals surface area (Å²) in [5.41, 5.74) is 5.52. The summed E-state index contributed by atoms with van der Waals surface area (Å²) in [6.45, 7) is -1.52. The normalized spacial score (nSPS) is 13.0. The lowest BCUT2D eigenvalue weighted by atomic mass is 10.1. The van der Waals surface area contributed by atoms with Gasteiger partial charge in [0.15, 0.2) is 5.84 Å². The number of halogens is 5. The Bertz CT molecular complexity index is 493. The molecule has 0 radical (unpaired) electrons. The molecule has 0 saturated heterocycles. The van der Waals surface area contributed by atoms with Crippen molar-refractivity contribution in [1.29, 1.82) is 0 Å². The number of nitrogens with zero attached hydrogens (tertiary/aromatic N) is 1. The van der Waals surface area contributed by atoms with E-state index in [1.54, 1.807) is 0 Å². The lowest BCUT2D eigenvalue weighted by molar-refractivity contribution is -0.125. The summed E-state index contributed by atoms with van der Waals surface area (Å²) in [5, 5.41) is 13.3. The second-order valence-electron chi connectivity index (χ2n) is 3.95. The van der Waals surface area contributed by atoms with Crippen molar-refractivity contribution in [1.82, 2.24) is 5.32 Å². The Morgan fingerprint density at radius 3 is 2.60 bits per heavy atom. The Kier molecular flexibility index (Phi) is 5.26. The molecule has 0 aliphatic carbocycles. The monoisotopic (exact) mass is 297 g/mol. The minimum absolute atomic E-state index is 0.0136. The standard InChI is InChI=1S/C11H12F5N3O/c12-7-2-1-6(8(3-7)9(17)19-20)4-18-5-11(15,16)10(13)14/h1-3,10,18,20H,4-5H2,(H2,17,19). The van der Waals surface area contributed by atoms with Gasteiger partial charge in [-0.1, -0.05) is 11.2 Å². The van der Waals surface area contributed by atoms with Crippen molar-refractivity contribution in [2.45, 2.75) is 18.9 Å². The van der Waals surface area contributed by atoms with Crippen LogP contribution >= 0.6 is 0 Å². The van der Waals surface area contributed by atoms with E-state index in [2.05, 4.69) is 10.5 Å². The van der Waals surface area contributed by atoms with Crippen LogP contribution in [0.15, 0.2) is 23.4 Å². The Morgan fingerprint density at radius 2 is 2.05 bits per heavy atom. The van der Waals surface area contributed by atoms with E-state index in [0.29, 0.717) is 0 Å². The number of benzene rings is 1. The minimum Gasteiger partial charge on any atom is -0.409 e. The zero-order chi connectivity index (χ0) is 15.3. The van der Waals surface area contributed by atoms with Crippen molar-refractivity contribution in [3.63, 3.8) is 0 Å². The minimum atomic E-state index is -4.17. The maximum absolute atomic E-state index is 13.0. The molecule has 0 fully saturated rings. The summed E-state index contributed by atoms with van der Waals surface area (Å²) in [4.78, 5) is 0. The number of nitrogens with one attached hydrogen (secondary N) is 1. The Labute approximate surface area is 111 Å². The van der Waals surface area contributed by atoms with Crippen LogP contribution in [0.1, 0.15) is 11.1 Å². The molecule has 0 bridgehead atoms. The number of amidine groups is 1. The van der Waals surface area contributed by atoms with E-state index in [1.807, 2.05) is 0 Å². The van der Waals surface area contributed by atoms with Gasteiger partial charge in [-0.2, -0.15) is 8.78 Å². The van der Waals surface area contributed by atoms with Gasteiger partial charge in [0.25, 0.3) is 0 Å². The first kappa shape index (κ1) is 16.2. The lowest BCUT2D eigenvalue weighted by Gasteiger charge is -2.16. The highest BCUT2D eigenvalue weighted by Gasteiger charge is 2.40. The van der Waals surface area contributed by atoms with E-state index in [0.717, 1.165) is 12.1 Å². The van der Waals surface area contributed by atoms with E-state index in [-0.39, 0.29) is 17.7 Å². The fourth-order valence-electron chi connectivity index (χ4n) is 1.44. The van der Waals surface area contributed by atoms with Gasteiger partial charge in [0.2, 0.25) is 0 Å². The van der Waals surface area contributed by atoms with Crippen LogP contribution in [0.4, 0.5) is 22.0 Å². The molecule has 0 heterocycles. The second kappa shape index (κ2) is 6.51. The fourth-order valence-corrected chi connectivity index (χ4v) is 1.44. The van der Waals surface area contributed by atoms with Crippen LogP contribution in [0.5, 0.6) is 0 Å². The van der Waals surface area contributed by atoms with Crippen molar-refractivity contribution in [2.24, 2.45) is 10.9 Å². The molecule has 1 rings (SSSR count). The third kappa shape index (κ3) is 4.05. The van der Waals surface area contributed by atoms with Crippen molar-refractivity contribution >= 4 is 5.84 Å². The molecule has 0 aliphatic heterocycles. The molecule has 112 valence electrons. The van der Waals surface area contributed by atoms with E-state index in [1.165, 1.54) is 6.07 Å². The predicted octanol–water partition coefficient (Wildman–Crippen LogP) is 1.91. The molecule has 4 nitrogen and oxygen atoms in total. The molecule has 0 atom stereocenters. The van der Waals surface area contributed by atoms with Crippen LogP contribution < -0.4 is 11.1 Å². The van der Waals surface area contributed by atoms with Gasteiger partial charge in [-0.05, 0) is 17.7 Å². The van der Waals surface area contributed by atoms with Gasteiger partial charge in [-0.25, -0.2) is 13.2 Å². The van der Waals surface area contributed by atoms with Gasteiger partial charge in [0, 0.05) is 12.1 Å². The first-order valence-electron chi connectivity index (χ1n) is 5.41. The largest absolute Gasteiger partial charge is 0.409 e. The number of hydrogen-bond donors (Lipinski definition) is 3. The second-order valence-corrected chi connectivity index (χ2v) is 3.95. The van der Waals surface area contributed by atoms with Crippen LogP contribution in [0.2, 0.25) is 0 Å². The van der Waals surface area contributed by atoms with Crippen LogP contribution in [0, 0.1) is 5.82 Å². The Morgan fingerprint density at radius 1 is 1.40 bits per heavy atom. The summed E-state index contributed by atoms with van der Waals surface area (Å²) in [6, 6.07) is 3.20. The van der Waals surface area contributed by atoms with E-state index < -0.39 is 30.5 Å². The van der Waals surface area contributed by atoms with Gasteiger partial charge in [0.1, 0.15) is 5.82 Å². The maximum Gasteiger partial charge on any atom is 0.319 e. The van der Waals surface area contributed by atoms with Gasteiger partial charge >= 0.3 is 12.3 Å². The summed E-state index contributed by atoms with van der Waals surface area (Å²) in [7, 11) is 0. The van der Waals surface area contributed by atoms with Crippen molar-refractivity contribution in [3.8, 4) is 0 Å². The first-order valence-corrected chi connectivity index (χ1v) is 5.41. The Balaban J connectivity index is 2.79. The number of nitrogens with two attached hydrogens (primary N) is 1. The van der Waals surface area contributed by atoms with Crippen molar-refractivity contribution < 1.29 is 27.2 Å². The molecule has 9 heteroatoms. The molecule has 0 aliphatic rings. The molecule has 0 amide bonds. The molecule has 0 saturated carbocycles. The average Bonchev–Trinajstić information content (AvgIpc) is 2.39. The van der Waals surface area contributed by atoms with Crippen LogP contribution in [0.25, 0.3) is 0 Å². The molecule has 1 aromatic rings. The predicted molar refractivity (Wildman–Crippen MR) is 61.6 cm³/mol. The zero-order valence-electron chi connectivity index (χ0n) is 10.1. The SMILES string of the molecule is N/C(=N/O)c1cc(F)ccc1CNCC(F)(F)C(F)F. The Hall–Kier alpha value is -1.90. The zero-order valence-corrected chi connectivity index (χ0v) is 10.1. The molecule has 0 aromatic heterocycles. The van der Waals surface area contributed by atoms with Crippen molar-refractivity contribution in [2.75, 3.05) is 6.54 Å². The highest BCUT2D eigenvalue weighted by atomic mass is 19.3. The first-order chi connectivity index (χ1) is 9.27. The lowest BCUT2D eigenvalue weighted by Crippen LogP contribution is -2.38. The fraction of sp³-hybridized carbons (Fsp3) is 0.364. The summed E-state index contributed by atoms with van der Waals surface area (Å²) < 4.78 is 62.3. The van der Waals surface area contributed by atoms with Crippen molar-refractivity contribution in [3.05, 3.63) is 35.1 Å². The molecule has 0 unspecified atom stereocenters. The third-order valence-electron chi connectivity index (χ3n) is 2.45. The van der Waals surface area contributed by atoms with Gasteiger partial charge in [-0.15, -0.1) is 0 Å². The topological polar surface area (TPSA) is 70.6 Å². The molecule has 0 spiro atoms. The van der Waals surface area contributed by atoms with E-state index in [9.17, 15) is 22.0 Å². The average molecular weight is 297 g/mol. The van der Waals surface area contributed by atoms with Gasteiger partial charge in [0.05, 0.1) is 6.54 Å². The van der Waals surface area contributed by atoms with E-state index in [4.69, 9.17) is 10.9 Å². The van der Waals surface area contributed by atoms with Crippen LogP contribution in [-0.2, 0) is 6.54 Å². The third-order valence-corrected chi connectivity index (χ3v) is 2.45. The summed E-state index contributed by atoms with van der Waals surface area (Å²) in [5.74, 6) is -5.26. The number of hydrogen-bond acceptors (Lipinski definition) is 3. The molecule has 4 N–H and O–H groups in total. The van der Waals surface area contributed by atoms with Crippen LogP contribution in [-0.4, -0.2) is 29.9 Å². The summed E-state index contributed by atoms with van der Waals surface area (Å²) in [6.07, 6.45) is -3.79. The van der Waals surface area contributed by atoms with Gasteiger partial charge in [-0.3, -0.25) is 0 Å². The quantitative estimate of drug-likeness (QED) is 0.247. The number of rotatable bonds is 6. The van der Waals surface area contributed by atoms with E-state index >= 15 is 0 Å². The highest BCUT2D eigenvalue weighted by molar-refractivity contribution is 5.98. The molecular formula is C11H12F5N3O.